The lowest BCUT2D eigenvalue weighted by molar-refractivity contribution is 0.247. The van der Waals surface area contributed by atoms with Gasteiger partial charge in [-0.3, -0.25) is 4.90 Å². The van der Waals surface area contributed by atoms with Crippen LogP contribution in [0.4, 0.5) is 0 Å². The van der Waals surface area contributed by atoms with E-state index in [0.717, 1.165) is 24.6 Å². The molecule has 0 aliphatic carbocycles. The van der Waals surface area contributed by atoms with E-state index >= 15 is 0 Å². The summed E-state index contributed by atoms with van der Waals surface area (Å²) in [5.74, 6) is 1.69. The van der Waals surface area contributed by atoms with Gasteiger partial charge in [0.25, 0.3) is 0 Å². The van der Waals surface area contributed by atoms with Crippen molar-refractivity contribution in [3.63, 3.8) is 0 Å². The highest BCUT2D eigenvalue weighted by Crippen LogP contribution is 2.35. The van der Waals surface area contributed by atoms with Crippen molar-refractivity contribution in [2.24, 2.45) is 0 Å². The van der Waals surface area contributed by atoms with Crippen molar-refractivity contribution < 1.29 is 9.47 Å². The molecule has 1 aliphatic heterocycles. The molecule has 2 aromatic rings. The third kappa shape index (κ3) is 4.35. The molecule has 3 nitrogen and oxygen atoms in total. The molecule has 25 heavy (non-hydrogen) atoms. The summed E-state index contributed by atoms with van der Waals surface area (Å²) in [6, 6.07) is 15.8. The molecule has 0 spiro atoms. The van der Waals surface area contributed by atoms with Crippen LogP contribution in [0.15, 0.2) is 42.5 Å². The Morgan fingerprint density at radius 1 is 1.00 bits per heavy atom. The first kappa shape index (κ1) is 17.8. The minimum Gasteiger partial charge on any atom is -0.490 e. The zero-order chi connectivity index (χ0) is 17.6. The van der Waals surface area contributed by atoms with E-state index in [9.17, 15) is 0 Å². The smallest absolute Gasteiger partial charge is 0.161 e. The van der Waals surface area contributed by atoms with Crippen LogP contribution in [-0.2, 0) is 6.54 Å². The molecule has 2 aromatic carbocycles. The average molecular weight is 339 g/mol. The van der Waals surface area contributed by atoms with Gasteiger partial charge in [-0.15, -0.1) is 0 Å². The Hall–Kier alpha value is -2.00. The molecular weight excluding hydrogens is 310 g/mol. The van der Waals surface area contributed by atoms with Crippen LogP contribution in [0.25, 0.3) is 0 Å². The van der Waals surface area contributed by atoms with E-state index in [4.69, 9.17) is 9.47 Å². The van der Waals surface area contributed by atoms with Crippen LogP contribution >= 0.6 is 0 Å². The monoisotopic (exact) mass is 339 g/mol. The lowest BCUT2D eigenvalue weighted by Gasteiger charge is -2.25. The van der Waals surface area contributed by atoms with E-state index in [1.807, 2.05) is 19.9 Å². The van der Waals surface area contributed by atoms with Gasteiger partial charge in [0.2, 0.25) is 0 Å². The van der Waals surface area contributed by atoms with E-state index in [1.54, 1.807) is 0 Å². The summed E-state index contributed by atoms with van der Waals surface area (Å²) in [7, 11) is 0. The van der Waals surface area contributed by atoms with E-state index in [2.05, 4.69) is 48.2 Å². The largest absolute Gasteiger partial charge is 0.490 e. The normalized spacial score (nSPS) is 17.6. The first-order valence-corrected chi connectivity index (χ1v) is 9.40. The molecule has 0 bridgehead atoms. The topological polar surface area (TPSA) is 21.7 Å². The van der Waals surface area contributed by atoms with Crippen LogP contribution in [0, 0.1) is 6.92 Å². The number of ether oxygens (including phenoxy) is 2. The molecule has 1 saturated heterocycles. The third-order valence-electron chi connectivity index (χ3n) is 4.78. The van der Waals surface area contributed by atoms with Crippen molar-refractivity contribution >= 4 is 0 Å². The Morgan fingerprint density at radius 2 is 1.80 bits per heavy atom. The standard InChI is InChI=1S/C22H29NO2/c1-4-24-21-12-11-18(15-22(21)25-5-2)16-23-13-7-10-20(23)19-9-6-8-17(3)14-19/h6,8-9,11-12,14-15,20H,4-5,7,10,13,16H2,1-3H3. The van der Waals surface area contributed by atoms with Crippen molar-refractivity contribution in [1.29, 1.82) is 0 Å². The van der Waals surface area contributed by atoms with Gasteiger partial charge in [-0.25, -0.2) is 0 Å². The number of rotatable bonds is 7. The second-order valence-electron chi connectivity index (χ2n) is 6.69. The molecular formula is C22H29NO2. The molecule has 0 amide bonds. The summed E-state index contributed by atoms with van der Waals surface area (Å²) in [6.07, 6.45) is 2.49. The lowest BCUT2D eigenvalue weighted by Crippen LogP contribution is -2.22. The molecule has 1 fully saturated rings. The summed E-state index contributed by atoms with van der Waals surface area (Å²) < 4.78 is 11.5. The van der Waals surface area contributed by atoms with Gasteiger partial charge >= 0.3 is 0 Å². The number of hydrogen-bond donors (Lipinski definition) is 0. The molecule has 0 N–H and O–H groups in total. The molecule has 3 rings (SSSR count). The Balaban J connectivity index is 1.77. The van der Waals surface area contributed by atoms with Crippen LogP contribution in [0.3, 0.4) is 0 Å². The van der Waals surface area contributed by atoms with Crippen LogP contribution in [0.5, 0.6) is 11.5 Å². The van der Waals surface area contributed by atoms with Crippen molar-refractivity contribution in [2.75, 3.05) is 19.8 Å². The molecule has 1 unspecified atom stereocenters. The average Bonchev–Trinajstić information content (AvgIpc) is 3.06. The van der Waals surface area contributed by atoms with Crippen molar-refractivity contribution in [3.05, 3.63) is 59.2 Å². The Labute approximate surface area is 151 Å². The van der Waals surface area contributed by atoms with Gasteiger partial charge in [0.1, 0.15) is 0 Å². The number of nitrogens with zero attached hydrogens (tertiary/aromatic N) is 1. The fourth-order valence-electron chi connectivity index (χ4n) is 3.70. The van der Waals surface area contributed by atoms with Gasteiger partial charge in [0.05, 0.1) is 13.2 Å². The van der Waals surface area contributed by atoms with E-state index < -0.39 is 0 Å². The minimum absolute atomic E-state index is 0.516. The quantitative estimate of drug-likeness (QED) is 0.698. The van der Waals surface area contributed by atoms with Crippen LogP contribution in [0.2, 0.25) is 0 Å². The lowest BCUT2D eigenvalue weighted by atomic mass is 10.0. The number of likely N-dealkylation sites (tertiary alicyclic amines) is 1. The van der Waals surface area contributed by atoms with Gasteiger partial charge in [-0.05, 0) is 63.4 Å². The molecule has 1 atom stereocenters. The van der Waals surface area contributed by atoms with Gasteiger partial charge < -0.3 is 9.47 Å². The van der Waals surface area contributed by atoms with Crippen LogP contribution < -0.4 is 9.47 Å². The van der Waals surface area contributed by atoms with Crippen LogP contribution in [0.1, 0.15) is 49.4 Å². The number of hydrogen-bond acceptors (Lipinski definition) is 3. The fraction of sp³-hybridized carbons (Fsp3) is 0.455. The van der Waals surface area contributed by atoms with Crippen molar-refractivity contribution in [2.45, 2.75) is 46.2 Å². The summed E-state index contributed by atoms with van der Waals surface area (Å²) in [6.45, 7) is 9.58. The number of aryl methyl sites for hydroxylation is 1. The van der Waals surface area contributed by atoms with Crippen molar-refractivity contribution in [1.82, 2.24) is 4.90 Å². The van der Waals surface area contributed by atoms with Crippen molar-refractivity contribution in [3.8, 4) is 11.5 Å². The highest BCUT2D eigenvalue weighted by molar-refractivity contribution is 5.43. The molecule has 0 radical (unpaired) electrons. The molecule has 1 aliphatic rings. The second-order valence-corrected chi connectivity index (χ2v) is 6.69. The van der Waals surface area contributed by atoms with Gasteiger partial charge in [0.15, 0.2) is 11.5 Å². The maximum absolute atomic E-state index is 5.78. The predicted molar refractivity (Wildman–Crippen MR) is 102 cm³/mol. The zero-order valence-corrected chi connectivity index (χ0v) is 15.6. The van der Waals surface area contributed by atoms with Gasteiger partial charge in [-0.1, -0.05) is 35.9 Å². The third-order valence-corrected chi connectivity index (χ3v) is 4.78. The Kier molecular flexibility index (Phi) is 5.98. The summed E-state index contributed by atoms with van der Waals surface area (Å²) in [5.41, 5.74) is 4.06. The van der Waals surface area contributed by atoms with Crippen LogP contribution in [-0.4, -0.2) is 24.7 Å². The van der Waals surface area contributed by atoms with E-state index in [1.165, 1.54) is 29.5 Å². The van der Waals surface area contributed by atoms with Gasteiger partial charge in [0, 0.05) is 12.6 Å². The first-order valence-electron chi connectivity index (χ1n) is 9.40. The number of benzene rings is 2. The van der Waals surface area contributed by atoms with Gasteiger partial charge in [-0.2, -0.15) is 0 Å². The molecule has 0 saturated carbocycles. The predicted octanol–water partition coefficient (Wildman–Crippen LogP) is 5.13. The maximum atomic E-state index is 5.78. The van der Waals surface area contributed by atoms with E-state index in [-0.39, 0.29) is 0 Å². The second kappa shape index (κ2) is 8.39. The highest BCUT2D eigenvalue weighted by atomic mass is 16.5. The molecule has 3 heteroatoms. The van der Waals surface area contributed by atoms with E-state index in [0.29, 0.717) is 19.3 Å². The summed E-state index contributed by atoms with van der Waals surface area (Å²) in [5, 5.41) is 0. The zero-order valence-electron chi connectivity index (χ0n) is 15.6. The summed E-state index contributed by atoms with van der Waals surface area (Å²) in [4.78, 5) is 2.58. The first-order chi connectivity index (χ1) is 12.2. The molecule has 134 valence electrons. The maximum Gasteiger partial charge on any atom is 0.161 e. The highest BCUT2D eigenvalue weighted by Gasteiger charge is 2.26. The Morgan fingerprint density at radius 3 is 2.56 bits per heavy atom. The molecule has 0 aromatic heterocycles. The summed E-state index contributed by atoms with van der Waals surface area (Å²) >= 11 is 0. The Bertz CT molecular complexity index is 698. The minimum atomic E-state index is 0.516. The SMILES string of the molecule is CCOc1ccc(CN2CCCC2c2cccc(C)c2)cc1OCC. The fourth-order valence-corrected chi connectivity index (χ4v) is 3.70. The molecule has 1 heterocycles.